The molecular formula is C14H26N4O3. The van der Waals surface area contributed by atoms with Crippen LogP contribution in [0.5, 0.6) is 0 Å². The molecule has 3 N–H and O–H groups in total. The van der Waals surface area contributed by atoms with Crippen LogP contribution in [0.3, 0.4) is 0 Å². The van der Waals surface area contributed by atoms with Gasteiger partial charge in [0, 0.05) is 20.1 Å². The highest BCUT2D eigenvalue weighted by Crippen LogP contribution is 2.33. The second kappa shape index (κ2) is 7.28. The summed E-state index contributed by atoms with van der Waals surface area (Å²) in [6.45, 7) is 4.96. The van der Waals surface area contributed by atoms with Crippen LogP contribution in [0.15, 0.2) is 5.16 Å². The topological polar surface area (TPSA) is 99.2 Å². The lowest BCUT2D eigenvalue weighted by Gasteiger charge is -2.39. The zero-order chi connectivity index (χ0) is 16.0. The van der Waals surface area contributed by atoms with Crippen molar-refractivity contribution in [3.8, 4) is 0 Å². The lowest BCUT2D eigenvalue weighted by molar-refractivity contribution is -0.149. The fourth-order valence-corrected chi connectivity index (χ4v) is 2.89. The monoisotopic (exact) mass is 298 g/mol. The van der Waals surface area contributed by atoms with E-state index in [1.165, 1.54) is 4.90 Å². The summed E-state index contributed by atoms with van der Waals surface area (Å²) in [7, 11) is 1.72. The number of amides is 2. The zero-order valence-corrected chi connectivity index (χ0v) is 13.1. The zero-order valence-electron chi connectivity index (χ0n) is 13.1. The van der Waals surface area contributed by atoms with Gasteiger partial charge in [-0.1, -0.05) is 31.8 Å². The number of hydrogen-bond acceptors (Lipinski definition) is 4. The number of nitrogens with zero attached hydrogens (tertiary/aromatic N) is 3. The average molecular weight is 298 g/mol. The van der Waals surface area contributed by atoms with Gasteiger partial charge in [0.1, 0.15) is 5.41 Å². The van der Waals surface area contributed by atoms with E-state index in [0.29, 0.717) is 25.9 Å². The summed E-state index contributed by atoms with van der Waals surface area (Å²) in [6, 6.07) is 0. The van der Waals surface area contributed by atoms with Gasteiger partial charge in [0.15, 0.2) is 5.84 Å². The summed E-state index contributed by atoms with van der Waals surface area (Å²) in [5, 5.41) is 12.2. The van der Waals surface area contributed by atoms with Crippen LogP contribution in [-0.2, 0) is 9.59 Å². The van der Waals surface area contributed by atoms with E-state index in [4.69, 9.17) is 10.9 Å². The highest BCUT2D eigenvalue weighted by molar-refractivity contribution is 6.07. The van der Waals surface area contributed by atoms with Crippen molar-refractivity contribution in [1.29, 1.82) is 0 Å². The van der Waals surface area contributed by atoms with Crippen molar-refractivity contribution >= 4 is 17.6 Å². The molecule has 7 nitrogen and oxygen atoms in total. The molecule has 1 rings (SSSR count). The lowest BCUT2D eigenvalue weighted by atomic mass is 9.76. The Labute approximate surface area is 125 Å². The molecule has 1 aliphatic heterocycles. The van der Waals surface area contributed by atoms with E-state index in [0.717, 1.165) is 12.8 Å². The first kappa shape index (κ1) is 17.3. The van der Waals surface area contributed by atoms with Crippen LogP contribution in [0.4, 0.5) is 0 Å². The predicted molar refractivity (Wildman–Crippen MR) is 79.9 cm³/mol. The molecule has 1 fully saturated rings. The first-order valence-electron chi connectivity index (χ1n) is 7.44. The van der Waals surface area contributed by atoms with Crippen LogP contribution in [-0.4, -0.2) is 59.3 Å². The van der Waals surface area contributed by atoms with Gasteiger partial charge in [0.05, 0.1) is 6.54 Å². The number of carbonyl (C=O) groups is 2. The Hall–Kier alpha value is -1.79. The van der Waals surface area contributed by atoms with Gasteiger partial charge in [0.25, 0.3) is 0 Å². The molecule has 0 atom stereocenters. The molecule has 2 amide bonds. The van der Waals surface area contributed by atoms with Crippen LogP contribution in [0, 0.1) is 5.41 Å². The second-order valence-corrected chi connectivity index (χ2v) is 5.61. The van der Waals surface area contributed by atoms with Gasteiger partial charge in [0.2, 0.25) is 11.8 Å². The fourth-order valence-electron chi connectivity index (χ4n) is 2.89. The molecule has 7 heteroatoms. The van der Waals surface area contributed by atoms with Gasteiger partial charge >= 0.3 is 0 Å². The summed E-state index contributed by atoms with van der Waals surface area (Å²) >= 11 is 0. The number of rotatable bonds is 6. The summed E-state index contributed by atoms with van der Waals surface area (Å²) in [5.41, 5.74) is 4.85. The van der Waals surface area contributed by atoms with Gasteiger partial charge in [-0.3, -0.25) is 9.59 Å². The molecule has 1 aliphatic rings. The third-order valence-electron chi connectivity index (χ3n) is 4.11. The van der Waals surface area contributed by atoms with Crippen molar-refractivity contribution in [2.75, 3.05) is 26.7 Å². The summed E-state index contributed by atoms with van der Waals surface area (Å²) in [4.78, 5) is 27.9. The third kappa shape index (κ3) is 3.46. The molecule has 0 saturated carbocycles. The van der Waals surface area contributed by atoms with Crippen molar-refractivity contribution in [1.82, 2.24) is 9.80 Å². The maximum absolute atomic E-state index is 12.9. The Balaban J connectivity index is 3.07. The van der Waals surface area contributed by atoms with E-state index in [-0.39, 0.29) is 24.2 Å². The molecule has 0 radical (unpaired) electrons. The fraction of sp³-hybridized carbons (Fsp3) is 0.786. The molecule has 1 saturated heterocycles. The van der Waals surface area contributed by atoms with Gasteiger partial charge in [-0.25, -0.2) is 0 Å². The molecule has 0 unspecified atom stereocenters. The van der Waals surface area contributed by atoms with Crippen LogP contribution < -0.4 is 5.73 Å². The van der Waals surface area contributed by atoms with Crippen molar-refractivity contribution in [2.45, 2.75) is 39.5 Å². The van der Waals surface area contributed by atoms with E-state index in [9.17, 15) is 9.59 Å². The minimum Gasteiger partial charge on any atom is -0.409 e. The van der Waals surface area contributed by atoms with Gasteiger partial charge in [-0.05, 0) is 12.8 Å². The Bertz CT molecular complexity index is 416. The number of oxime groups is 1. The quantitative estimate of drug-likeness (QED) is 0.325. The molecule has 1 heterocycles. The molecule has 0 bridgehead atoms. The Kier molecular flexibility index (Phi) is 5.99. The van der Waals surface area contributed by atoms with Crippen molar-refractivity contribution < 1.29 is 14.8 Å². The molecule has 120 valence electrons. The third-order valence-corrected chi connectivity index (χ3v) is 4.11. The summed E-state index contributed by atoms with van der Waals surface area (Å²) in [6.07, 6.45) is 2.50. The van der Waals surface area contributed by atoms with E-state index in [1.807, 2.05) is 13.8 Å². The normalized spacial score (nSPS) is 17.3. The van der Waals surface area contributed by atoms with Crippen molar-refractivity contribution in [3.05, 3.63) is 0 Å². The van der Waals surface area contributed by atoms with Crippen LogP contribution in [0.2, 0.25) is 0 Å². The molecule has 0 aromatic heterocycles. The van der Waals surface area contributed by atoms with E-state index < -0.39 is 5.41 Å². The maximum Gasteiger partial charge on any atom is 0.241 e. The van der Waals surface area contributed by atoms with Gasteiger partial charge < -0.3 is 20.7 Å². The van der Waals surface area contributed by atoms with Crippen LogP contribution in [0.25, 0.3) is 0 Å². The van der Waals surface area contributed by atoms with E-state index in [2.05, 4.69) is 5.16 Å². The number of carbonyl (C=O) groups excluding carboxylic acids is 2. The Morgan fingerprint density at radius 3 is 2.33 bits per heavy atom. The number of hydrogen-bond donors (Lipinski definition) is 2. The molecular weight excluding hydrogens is 272 g/mol. The largest absolute Gasteiger partial charge is 0.409 e. The highest BCUT2D eigenvalue weighted by atomic mass is 16.4. The smallest absolute Gasteiger partial charge is 0.241 e. The minimum atomic E-state index is -1.01. The molecule has 0 aliphatic carbocycles. The Morgan fingerprint density at radius 2 is 1.90 bits per heavy atom. The first-order valence-corrected chi connectivity index (χ1v) is 7.44. The summed E-state index contributed by atoms with van der Waals surface area (Å²) in [5.74, 6) is -0.346. The van der Waals surface area contributed by atoms with Gasteiger partial charge in [-0.2, -0.15) is 0 Å². The van der Waals surface area contributed by atoms with E-state index >= 15 is 0 Å². The molecule has 0 aromatic rings. The number of likely N-dealkylation sites (N-methyl/N-ethyl adjacent to an activating group) is 1. The minimum absolute atomic E-state index is 0.0532. The van der Waals surface area contributed by atoms with Crippen molar-refractivity contribution in [3.63, 3.8) is 0 Å². The SMILES string of the molecule is CCCC(CCC)(C(=O)N1CCN(C)C(=O)C1)C(N)=NO. The van der Waals surface area contributed by atoms with Crippen LogP contribution >= 0.6 is 0 Å². The molecule has 21 heavy (non-hydrogen) atoms. The van der Waals surface area contributed by atoms with Crippen LogP contribution in [0.1, 0.15) is 39.5 Å². The summed E-state index contributed by atoms with van der Waals surface area (Å²) < 4.78 is 0. The predicted octanol–water partition coefficient (Wildman–Crippen LogP) is 0.620. The van der Waals surface area contributed by atoms with Gasteiger partial charge in [-0.15, -0.1) is 0 Å². The molecule has 0 aromatic carbocycles. The average Bonchev–Trinajstić information content (AvgIpc) is 2.48. The number of amidine groups is 1. The molecule has 0 spiro atoms. The standard InChI is InChI=1S/C14H26N4O3/c1-4-6-14(7-5-2,12(15)16-21)13(20)18-9-8-17(3)11(19)10-18/h21H,4-10H2,1-3H3,(H2,15,16). The second-order valence-electron chi connectivity index (χ2n) is 5.61. The first-order chi connectivity index (χ1) is 9.92. The number of nitrogens with two attached hydrogens (primary N) is 1. The maximum atomic E-state index is 12.9. The van der Waals surface area contributed by atoms with E-state index in [1.54, 1.807) is 11.9 Å². The highest BCUT2D eigenvalue weighted by Gasteiger charge is 2.45. The van der Waals surface area contributed by atoms with Crippen molar-refractivity contribution in [2.24, 2.45) is 16.3 Å². The number of piperazine rings is 1. The Morgan fingerprint density at radius 1 is 1.33 bits per heavy atom. The lowest BCUT2D eigenvalue weighted by Crippen LogP contribution is -2.57.